The molecule has 0 bridgehead atoms. The number of carbonyl (C=O) groups excluding carboxylic acids is 1. The van der Waals surface area contributed by atoms with Crippen LogP contribution in [0.25, 0.3) is 16.6 Å². The number of aromatic nitrogens is 3. The molecular formula is C30H34F4N6O3S. The van der Waals surface area contributed by atoms with Crippen LogP contribution in [0.2, 0.25) is 0 Å². The molecule has 0 saturated heterocycles. The zero-order valence-electron chi connectivity index (χ0n) is 24.5. The van der Waals surface area contributed by atoms with E-state index in [0.29, 0.717) is 23.2 Å². The number of hydrogen-bond donors (Lipinski definition) is 3. The lowest BCUT2D eigenvalue weighted by atomic mass is 10.0. The number of nitrogens with zero attached hydrogens (tertiary/aromatic N) is 3. The number of rotatable bonds is 9. The van der Waals surface area contributed by atoms with Crippen molar-refractivity contribution in [2.24, 2.45) is 0 Å². The summed E-state index contributed by atoms with van der Waals surface area (Å²) in [5.41, 5.74) is 1.13. The largest absolute Gasteiger partial charge is 0.411 e. The van der Waals surface area contributed by atoms with Crippen LogP contribution in [0.5, 0.6) is 0 Å². The first-order chi connectivity index (χ1) is 20.7. The van der Waals surface area contributed by atoms with Gasteiger partial charge in [-0.05, 0) is 68.9 Å². The summed E-state index contributed by atoms with van der Waals surface area (Å²) in [6.45, 7) is 5.25. The highest BCUT2D eigenvalue weighted by atomic mass is 32.2. The van der Waals surface area contributed by atoms with Crippen molar-refractivity contribution in [1.29, 1.82) is 0 Å². The van der Waals surface area contributed by atoms with E-state index in [1.807, 2.05) is 13.8 Å². The van der Waals surface area contributed by atoms with E-state index in [2.05, 4.69) is 30.3 Å². The summed E-state index contributed by atoms with van der Waals surface area (Å²) >= 11 is 0. The summed E-state index contributed by atoms with van der Waals surface area (Å²) in [5.74, 6) is -0.597. The van der Waals surface area contributed by atoms with Crippen LogP contribution in [0.1, 0.15) is 65.0 Å². The van der Waals surface area contributed by atoms with Gasteiger partial charge < -0.3 is 10.6 Å². The van der Waals surface area contributed by atoms with Gasteiger partial charge in [-0.25, -0.2) is 22.8 Å². The molecule has 3 aliphatic carbocycles. The highest BCUT2D eigenvalue weighted by Gasteiger charge is 2.64. The maximum Gasteiger partial charge on any atom is 0.411 e. The Morgan fingerprint density at radius 3 is 2.52 bits per heavy atom. The van der Waals surface area contributed by atoms with E-state index in [1.165, 1.54) is 12.2 Å². The Balaban J connectivity index is 1.45. The first-order valence-corrected chi connectivity index (χ1v) is 16.0. The second-order valence-corrected chi connectivity index (χ2v) is 13.3. The molecule has 14 heteroatoms. The maximum atomic E-state index is 14.0. The van der Waals surface area contributed by atoms with E-state index in [9.17, 15) is 30.8 Å². The minimum atomic E-state index is -4.51. The molecule has 2 aromatic heterocycles. The summed E-state index contributed by atoms with van der Waals surface area (Å²) in [4.78, 5) is 25.3. The smallest absolute Gasteiger partial charge is 0.354 e. The van der Waals surface area contributed by atoms with Crippen LogP contribution in [0.3, 0.4) is 0 Å². The number of pyridine rings is 1. The van der Waals surface area contributed by atoms with Gasteiger partial charge in [0.2, 0.25) is 21.9 Å². The standard InChI is InChI=1S/C30H34F4N6O3S/c1-4-25(41)40-44(42,43)21-10-5-17(2)22(12-11-21)18(3)35-28-37-24-14-13-23(19-6-8-20(31)9-7-19)36-26(24)27(38-28)39-29(15-16-29)30(32,33)34/h6-8,11-14,18,20-21H,4-5,9-10,15-16H2,1-3H3,(H,40,41)(H2,35,37,38,39). The van der Waals surface area contributed by atoms with Crippen LogP contribution in [-0.2, 0) is 14.8 Å². The number of alkyl halides is 4. The number of amides is 1. The lowest BCUT2D eigenvalue weighted by Gasteiger charge is -2.23. The van der Waals surface area contributed by atoms with Gasteiger partial charge in [-0.3, -0.25) is 9.52 Å². The monoisotopic (exact) mass is 634 g/mol. The fourth-order valence-corrected chi connectivity index (χ4v) is 6.57. The topological polar surface area (TPSA) is 126 Å². The number of nitrogens with one attached hydrogen (secondary N) is 3. The normalized spacial score (nSPS) is 22.3. The van der Waals surface area contributed by atoms with Crippen molar-refractivity contribution in [1.82, 2.24) is 19.7 Å². The van der Waals surface area contributed by atoms with Crippen molar-refractivity contribution in [3.8, 4) is 0 Å². The van der Waals surface area contributed by atoms with E-state index in [1.54, 1.807) is 37.3 Å². The van der Waals surface area contributed by atoms with Crippen LogP contribution >= 0.6 is 0 Å². The van der Waals surface area contributed by atoms with Gasteiger partial charge in [0.25, 0.3) is 0 Å². The number of hydrogen-bond acceptors (Lipinski definition) is 8. The zero-order chi connectivity index (χ0) is 31.9. The van der Waals surface area contributed by atoms with E-state index < -0.39 is 45.1 Å². The third-order valence-corrected chi connectivity index (χ3v) is 9.81. The van der Waals surface area contributed by atoms with Crippen LogP contribution in [0, 0.1) is 0 Å². The predicted molar refractivity (Wildman–Crippen MR) is 161 cm³/mol. The Hall–Kier alpha value is -3.81. The van der Waals surface area contributed by atoms with E-state index in [-0.39, 0.29) is 49.4 Å². The molecule has 3 aliphatic rings. The molecule has 236 valence electrons. The lowest BCUT2D eigenvalue weighted by molar-refractivity contribution is -0.151. The van der Waals surface area contributed by atoms with Crippen molar-refractivity contribution in [3.05, 3.63) is 59.4 Å². The van der Waals surface area contributed by atoms with Crippen LogP contribution < -0.4 is 15.4 Å². The van der Waals surface area contributed by atoms with Crippen LogP contribution in [0.4, 0.5) is 29.3 Å². The number of halogens is 4. The Labute approximate surface area is 253 Å². The third-order valence-electron chi connectivity index (χ3n) is 8.11. The average molecular weight is 635 g/mol. The second-order valence-electron chi connectivity index (χ2n) is 11.4. The molecule has 0 aliphatic heterocycles. The van der Waals surface area contributed by atoms with Gasteiger partial charge in [0.05, 0.1) is 22.5 Å². The highest BCUT2D eigenvalue weighted by molar-refractivity contribution is 7.90. The first kappa shape index (κ1) is 31.6. The molecular weight excluding hydrogens is 600 g/mol. The van der Waals surface area contributed by atoms with Gasteiger partial charge >= 0.3 is 6.18 Å². The molecule has 44 heavy (non-hydrogen) atoms. The minimum absolute atomic E-state index is 0.0388. The Morgan fingerprint density at radius 2 is 1.89 bits per heavy atom. The highest BCUT2D eigenvalue weighted by Crippen LogP contribution is 2.51. The van der Waals surface area contributed by atoms with Crippen LogP contribution in [-0.4, -0.2) is 58.5 Å². The molecule has 2 aromatic rings. The Kier molecular flexibility index (Phi) is 8.58. The molecule has 3 N–H and O–H groups in total. The van der Waals surface area contributed by atoms with E-state index in [0.717, 1.165) is 11.1 Å². The number of allylic oxidation sites excluding steroid dienone is 5. The Morgan fingerprint density at radius 1 is 1.14 bits per heavy atom. The quantitative estimate of drug-likeness (QED) is 0.291. The van der Waals surface area contributed by atoms with Gasteiger partial charge in [-0.15, -0.1) is 0 Å². The summed E-state index contributed by atoms with van der Waals surface area (Å²) < 4.78 is 83.0. The molecule has 1 amide bonds. The molecule has 0 aromatic carbocycles. The third kappa shape index (κ3) is 6.64. The molecule has 9 nitrogen and oxygen atoms in total. The zero-order valence-corrected chi connectivity index (χ0v) is 25.3. The lowest BCUT2D eigenvalue weighted by Crippen LogP contribution is -2.39. The van der Waals surface area contributed by atoms with Gasteiger partial charge in [0.15, 0.2) is 5.82 Å². The predicted octanol–water partition coefficient (Wildman–Crippen LogP) is 5.90. The second kappa shape index (κ2) is 11.9. The van der Waals surface area contributed by atoms with E-state index in [4.69, 9.17) is 0 Å². The number of sulfonamides is 1. The number of carbonyl (C=O) groups is 1. The summed E-state index contributed by atoms with van der Waals surface area (Å²) in [6.07, 6.45) is 3.03. The fourth-order valence-electron chi connectivity index (χ4n) is 5.24. The van der Waals surface area contributed by atoms with Gasteiger partial charge in [0, 0.05) is 12.8 Å². The number of fused-ring (bicyclic) bond motifs is 1. The SMILES string of the molecule is CCC(=O)NS(=O)(=O)C1C=CC(C(C)Nc2nc(NC3(C(F)(F)F)CC3)c3nc(C4=CCC(F)C=C4)ccc3n2)=C(C)CC1. The van der Waals surface area contributed by atoms with E-state index >= 15 is 0 Å². The fraction of sp³-hybridized carbons (Fsp3) is 0.467. The molecule has 3 unspecified atom stereocenters. The molecule has 2 heterocycles. The first-order valence-electron chi connectivity index (χ1n) is 14.5. The average Bonchev–Trinajstić information content (AvgIpc) is 3.77. The van der Waals surface area contributed by atoms with Gasteiger partial charge in [0.1, 0.15) is 17.2 Å². The molecule has 0 spiro atoms. The molecule has 0 radical (unpaired) electrons. The summed E-state index contributed by atoms with van der Waals surface area (Å²) in [6, 6.07) is 2.87. The maximum absolute atomic E-state index is 14.0. The molecule has 1 saturated carbocycles. The van der Waals surface area contributed by atoms with Crippen LogP contribution in [0.15, 0.2) is 53.7 Å². The summed E-state index contributed by atoms with van der Waals surface area (Å²) in [5, 5.41) is 4.85. The van der Waals surface area contributed by atoms with Crippen molar-refractivity contribution < 1.29 is 30.8 Å². The summed E-state index contributed by atoms with van der Waals surface area (Å²) in [7, 11) is -3.91. The minimum Gasteiger partial charge on any atom is -0.354 e. The van der Waals surface area contributed by atoms with Crippen molar-refractivity contribution in [2.75, 3.05) is 10.6 Å². The van der Waals surface area contributed by atoms with Crippen molar-refractivity contribution in [2.45, 2.75) is 88.5 Å². The number of anilines is 2. The van der Waals surface area contributed by atoms with Crippen molar-refractivity contribution >= 4 is 44.3 Å². The van der Waals surface area contributed by atoms with Gasteiger partial charge in [-0.2, -0.15) is 18.2 Å². The molecule has 3 atom stereocenters. The molecule has 1 fully saturated rings. The van der Waals surface area contributed by atoms with Crippen molar-refractivity contribution in [3.63, 3.8) is 0 Å². The Bertz CT molecular complexity index is 1700. The van der Waals surface area contributed by atoms with Gasteiger partial charge in [-0.1, -0.05) is 36.8 Å². The molecule has 5 rings (SSSR count).